The fraction of sp³-hybridized carbons (Fsp3) is 0.429. The maximum Gasteiger partial charge on any atom is 0.246 e. The molecule has 2 aliphatic rings. The summed E-state index contributed by atoms with van der Waals surface area (Å²) >= 11 is 1.56. The molecular formula is C56H65F3N6O6S. The van der Waals surface area contributed by atoms with Crippen LogP contribution in [0.1, 0.15) is 99.6 Å². The average molecular weight is 1010 g/mol. The minimum Gasteiger partial charge on any atom is -0.493 e. The normalized spacial score (nSPS) is 18.8. The van der Waals surface area contributed by atoms with Crippen molar-refractivity contribution in [3.8, 4) is 16.2 Å². The number of hydrogen-bond acceptors (Lipinski definition) is 9. The lowest BCUT2D eigenvalue weighted by Crippen LogP contribution is -2.58. The van der Waals surface area contributed by atoms with E-state index in [-0.39, 0.29) is 63.2 Å². The topological polar surface area (TPSA) is 149 Å². The van der Waals surface area contributed by atoms with Gasteiger partial charge in [0.15, 0.2) is 0 Å². The molecular weight excluding hydrogens is 942 g/mol. The van der Waals surface area contributed by atoms with Crippen LogP contribution in [0.2, 0.25) is 0 Å². The molecule has 2 aliphatic heterocycles. The van der Waals surface area contributed by atoms with E-state index in [0.717, 1.165) is 49.3 Å². The van der Waals surface area contributed by atoms with Crippen LogP contribution in [-0.4, -0.2) is 98.8 Å². The number of halogens is 3. The Morgan fingerprint density at radius 3 is 2.38 bits per heavy atom. The molecule has 16 heteroatoms. The van der Waals surface area contributed by atoms with Crippen molar-refractivity contribution < 1.29 is 42.1 Å². The van der Waals surface area contributed by atoms with Crippen molar-refractivity contribution >= 4 is 40.0 Å². The van der Waals surface area contributed by atoms with Crippen LogP contribution in [0.25, 0.3) is 21.3 Å². The number of aliphatic hydroxyl groups is 1. The van der Waals surface area contributed by atoms with Gasteiger partial charge in [-0.3, -0.25) is 19.3 Å². The monoisotopic (exact) mass is 1010 g/mol. The highest BCUT2D eigenvalue weighted by Gasteiger charge is 2.45. The predicted molar refractivity (Wildman–Crippen MR) is 273 cm³/mol. The molecule has 0 saturated carbocycles. The largest absolute Gasteiger partial charge is 0.493 e. The number of aryl methyl sites for hydroxylation is 2. The lowest BCUT2D eigenvalue weighted by molar-refractivity contribution is -0.144. The number of ether oxygens (including phenoxy) is 2. The van der Waals surface area contributed by atoms with Crippen molar-refractivity contribution in [1.29, 1.82) is 0 Å². The highest BCUT2D eigenvalue weighted by molar-refractivity contribution is 7.13. The summed E-state index contributed by atoms with van der Waals surface area (Å²) in [5.74, 6) is -2.85. The second kappa shape index (κ2) is 22.0. The Balaban J connectivity index is 0.819. The molecule has 0 bridgehead atoms. The number of aromatic nitrogens is 2. The van der Waals surface area contributed by atoms with Gasteiger partial charge in [-0.05, 0) is 86.3 Å². The van der Waals surface area contributed by atoms with Gasteiger partial charge < -0.3 is 35.1 Å². The first-order chi connectivity index (χ1) is 34.2. The van der Waals surface area contributed by atoms with Gasteiger partial charge >= 0.3 is 0 Å². The molecule has 0 unspecified atom stereocenters. The summed E-state index contributed by atoms with van der Waals surface area (Å²) < 4.78 is 59.3. The Morgan fingerprint density at radius 1 is 0.958 bits per heavy atom. The van der Waals surface area contributed by atoms with Gasteiger partial charge in [0.25, 0.3) is 0 Å². The molecule has 12 nitrogen and oxygen atoms in total. The first-order valence-corrected chi connectivity index (χ1v) is 25.5. The zero-order chi connectivity index (χ0) is 51.5. The van der Waals surface area contributed by atoms with Crippen molar-refractivity contribution in [3.05, 3.63) is 141 Å². The number of hydrogen-bond donors (Lipinski definition) is 4. The fourth-order valence-corrected chi connectivity index (χ4v) is 10.8. The highest BCUT2D eigenvalue weighted by Crippen LogP contribution is 2.44. The number of aliphatic hydroxyl groups excluding tert-OH is 1. The van der Waals surface area contributed by atoms with Crippen LogP contribution >= 0.6 is 11.3 Å². The highest BCUT2D eigenvalue weighted by atomic mass is 32.1. The van der Waals surface area contributed by atoms with Crippen LogP contribution < -0.4 is 15.4 Å². The van der Waals surface area contributed by atoms with E-state index in [1.165, 1.54) is 30.9 Å². The van der Waals surface area contributed by atoms with Crippen LogP contribution in [0.15, 0.2) is 90.4 Å². The Labute approximate surface area is 423 Å². The number of β-amino-alcohol motifs (C(OH)–C–C–N with tert-alkyl or cyclic N) is 1. The lowest BCUT2D eigenvalue weighted by atomic mass is 9.85. The van der Waals surface area contributed by atoms with Crippen molar-refractivity contribution in [1.82, 2.24) is 30.4 Å². The summed E-state index contributed by atoms with van der Waals surface area (Å²) in [5, 5.41) is 17.4. The number of nitrogens with one attached hydrogen (secondary N) is 3. The summed E-state index contributed by atoms with van der Waals surface area (Å²) in [6.07, 6.45) is 0.913. The molecule has 6 aromatic rings. The maximum absolute atomic E-state index is 16.2. The molecule has 382 valence electrons. The van der Waals surface area contributed by atoms with Gasteiger partial charge in [0.2, 0.25) is 17.7 Å². The number of alkyl halides is 1. The van der Waals surface area contributed by atoms with E-state index in [4.69, 9.17) is 9.47 Å². The molecule has 1 fully saturated rings. The number of H-pyrrole nitrogens is 1. The number of amides is 3. The van der Waals surface area contributed by atoms with Crippen molar-refractivity contribution in [2.45, 2.75) is 123 Å². The Hall–Kier alpha value is -6.07. The summed E-state index contributed by atoms with van der Waals surface area (Å²) in [7, 11) is 0. The lowest BCUT2D eigenvalue weighted by Gasteiger charge is -2.43. The summed E-state index contributed by atoms with van der Waals surface area (Å²) in [4.78, 5) is 52.9. The molecule has 0 aliphatic carbocycles. The quantitative estimate of drug-likeness (QED) is 0.0623. The molecule has 4 heterocycles. The molecule has 3 amide bonds. The van der Waals surface area contributed by atoms with Crippen LogP contribution in [0.5, 0.6) is 5.75 Å². The summed E-state index contributed by atoms with van der Waals surface area (Å²) in [5.41, 5.74) is 6.46. The number of para-hydroxylation sites is 1. The van der Waals surface area contributed by atoms with Crippen molar-refractivity contribution in [2.24, 2.45) is 5.41 Å². The van der Waals surface area contributed by atoms with E-state index in [1.54, 1.807) is 16.8 Å². The molecule has 4 aromatic carbocycles. The third kappa shape index (κ3) is 12.2. The van der Waals surface area contributed by atoms with Gasteiger partial charge in [-0.1, -0.05) is 87.5 Å². The number of likely N-dealkylation sites (tertiary alicyclic amines) is 1. The van der Waals surface area contributed by atoms with Gasteiger partial charge in [-0.15, -0.1) is 11.3 Å². The van der Waals surface area contributed by atoms with Crippen LogP contribution in [-0.2, 0) is 45.1 Å². The second-order valence-electron chi connectivity index (χ2n) is 20.9. The minimum absolute atomic E-state index is 0.0168. The van der Waals surface area contributed by atoms with Crippen LogP contribution in [0.4, 0.5) is 13.2 Å². The van der Waals surface area contributed by atoms with Gasteiger partial charge in [-0.2, -0.15) is 0 Å². The molecule has 0 radical (unpaired) electrons. The van der Waals surface area contributed by atoms with E-state index < -0.39 is 64.7 Å². The van der Waals surface area contributed by atoms with Crippen LogP contribution in [0.3, 0.4) is 0 Å². The molecule has 2 aromatic heterocycles. The smallest absolute Gasteiger partial charge is 0.246 e. The summed E-state index contributed by atoms with van der Waals surface area (Å²) in [6.45, 7) is 12.5. The third-order valence-corrected chi connectivity index (χ3v) is 14.5. The SMILES string of the molecule is Cc1ncsc1-c1ccc(CNC(=O)[C@@H]2C[C@@H](O)CN2C(=O)[C@@H](NC(=O)COCc2cccc(CCCOc3cc(F)c([C@@H]4c5[nH]c6ccccc6c5C[C@@H](C)N4CC(C)(C)F)c(F)c3)c2)C(C)(C)C)cc1. The minimum atomic E-state index is -1.61. The molecule has 5 atom stereocenters. The van der Waals surface area contributed by atoms with E-state index in [2.05, 4.69) is 20.6 Å². The number of carbonyl (C=O) groups is 3. The van der Waals surface area contributed by atoms with E-state index in [1.807, 2.05) is 112 Å². The van der Waals surface area contributed by atoms with Crippen molar-refractivity contribution in [2.75, 3.05) is 26.3 Å². The van der Waals surface area contributed by atoms with Crippen LogP contribution in [0, 0.1) is 24.0 Å². The Kier molecular flexibility index (Phi) is 15.9. The molecule has 72 heavy (non-hydrogen) atoms. The first kappa shape index (κ1) is 52.3. The van der Waals surface area contributed by atoms with E-state index in [0.29, 0.717) is 25.0 Å². The third-order valence-electron chi connectivity index (χ3n) is 13.5. The summed E-state index contributed by atoms with van der Waals surface area (Å²) in [6, 6.07) is 22.7. The number of carbonyl (C=O) groups excluding carboxylic acids is 3. The molecule has 0 spiro atoms. The van der Waals surface area contributed by atoms with E-state index in [9.17, 15) is 19.5 Å². The zero-order valence-corrected chi connectivity index (χ0v) is 42.8. The second-order valence-corrected chi connectivity index (χ2v) is 21.8. The van der Waals surface area contributed by atoms with Gasteiger partial charge in [0.1, 0.15) is 41.7 Å². The molecule has 4 N–H and O–H groups in total. The first-order valence-electron chi connectivity index (χ1n) is 24.6. The Morgan fingerprint density at radius 2 is 1.68 bits per heavy atom. The van der Waals surface area contributed by atoms with Gasteiger partial charge in [0.05, 0.1) is 41.4 Å². The number of fused-ring (bicyclic) bond motifs is 3. The number of benzene rings is 4. The van der Waals surface area contributed by atoms with Crippen molar-refractivity contribution in [3.63, 3.8) is 0 Å². The fourth-order valence-electron chi connectivity index (χ4n) is 9.99. The Bertz CT molecular complexity index is 2870. The standard InChI is InChI=1S/C56H65F3N6O6S/c1-33-22-42-41-15-8-9-16-45(41)62-49(42)50(65(33)31-56(6,7)59)48-43(57)25-40(26-44(48)58)71-21-11-14-35-12-10-13-37(23-35)29-70-30-47(67)63-52(55(3,4)5)54(69)64-28-39(66)24-46(64)53(68)60-27-36-17-19-38(20-18-36)51-34(2)61-32-72-51/h8-10,12-13,15-20,23,25-26,32-33,39,46,50,52,62,66H,11,14,21-22,24,27-31H2,1-7H3,(H,60,68)(H,63,67)/t33-,39-,46+,50-,52-/m1/s1. The average Bonchev–Trinajstić information content (AvgIpc) is 4.05. The van der Waals surface area contributed by atoms with Gasteiger partial charge in [-0.25, -0.2) is 18.2 Å². The molecule has 8 rings (SSSR count). The van der Waals surface area contributed by atoms with E-state index >= 15 is 13.2 Å². The number of thiazole rings is 1. The number of nitrogens with zero attached hydrogens (tertiary/aromatic N) is 3. The van der Waals surface area contributed by atoms with Gasteiger partial charge in [0, 0.05) is 66.4 Å². The number of rotatable bonds is 18. The predicted octanol–water partition coefficient (Wildman–Crippen LogP) is 9.30. The molecule has 1 saturated heterocycles. The number of aromatic amines is 1. The maximum atomic E-state index is 16.2. The zero-order valence-electron chi connectivity index (χ0n) is 42.0.